The van der Waals surface area contributed by atoms with Gasteiger partial charge < -0.3 is 15.4 Å². The minimum absolute atomic E-state index is 0.0928. The molecule has 6 nitrogen and oxygen atoms in total. The van der Waals surface area contributed by atoms with Crippen LogP contribution < -0.4 is 15.4 Å². The molecule has 0 aliphatic carbocycles. The van der Waals surface area contributed by atoms with Crippen molar-refractivity contribution in [3.05, 3.63) is 78.9 Å². The second-order valence-corrected chi connectivity index (χ2v) is 8.88. The highest BCUT2D eigenvalue weighted by Gasteiger charge is 2.12. The highest BCUT2D eigenvalue weighted by molar-refractivity contribution is 8.01. The number of ether oxygens (including phenoxy) is 1. The fourth-order valence-corrected chi connectivity index (χ4v) is 4.62. The molecule has 0 aliphatic heterocycles. The van der Waals surface area contributed by atoms with E-state index in [2.05, 4.69) is 20.8 Å². The lowest BCUT2D eigenvalue weighted by Crippen LogP contribution is -2.14. The first kappa shape index (κ1) is 21.9. The second-order valence-electron chi connectivity index (χ2n) is 6.68. The molecule has 0 saturated carbocycles. The van der Waals surface area contributed by atoms with Crippen LogP contribution in [0, 0.1) is 0 Å². The van der Waals surface area contributed by atoms with Crippen molar-refractivity contribution < 1.29 is 9.53 Å². The largest absolute Gasteiger partial charge is 0.492 e. The van der Waals surface area contributed by atoms with Crippen LogP contribution >= 0.6 is 23.1 Å². The van der Waals surface area contributed by atoms with E-state index in [9.17, 15) is 4.79 Å². The summed E-state index contributed by atoms with van der Waals surface area (Å²) in [6, 6.07) is 25.5. The van der Waals surface area contributed by atoms with Gasteiger partial charge in [0.1, 0.15) is 5.75 Å². The Morgan fingerprint density at radius 2 is 1.66 bits per heavy atom. The Balaban J connectivity index is 1.36. The number of amides is 1. The lowest BCUT2D eigenvalue weighted by Gasteiger charge is -2.11. The molecule has 3 aromatic carbocycles. The van der Waals surface area contributed by atoms with Gasteiger partial charge in [0.2, 0.25) is 11.0 Å². The lowest BCUT2D eigenvalue weighted by molar-refractivity contribution is -0.113. The Morgan fingerprint density at radius 3 is 2.47 bits per heavy atom. The number of benzene rings is 3. The third-order valence-corrected chi connectivity index (χ3v) is 6.42. The monoisotopic (exact) mass is 462 g/mol. The van der Waals surface area contributed by atoms with E-state index < -0.39 is 0 Å². The van der Waals surface area contributed by atoms with Crippen molar-refractivity contribution in [1.29, 1.82) is 0 Å². The van der Waals surface area contributed by atoms with Gasteiger partial charge in [0.15, 0.2) is 4.34 Å². The SMILES string of the molecule is CCOc1ccccc1Nc1nnc(SCC(=O)Nc2ccccc2-c2ccccc2)s1. The molecule has 4 aromatic rings. The average molecular weight is 463 g/mol. The van der Waals surface area contributed by atoms with Gasteiger partial charge in [-0.3, -0.25) is 4.79 Å². The van der Waals surface area contributed by atoms with Crippen molar-refractivity contribution >= 4 is 45.5 Å². The molecule has 0 aliphatic rings. The predicted molar refractivity (Wildman–Crippen MR) is 132 cm³/mol. The van der Waals surface area contributed by atoms with Crippen LogP contribution in [0.2, 0.25) is 0 Å². The maximum absolute atomic E-state index is 12.6. The van der Waals surface area contributed by atoms with Crippen LogP contribution in [0.3, 0.4) is 0 Å². The standard InChI is InChI=1S/C24H22N4O2S2/c1-2-30-21-15-9-8-14-20(21)26-23-27-28-24(32-23)31-16-22(29)25-19-13-7-6-12-18(19)17-10-4-3-5-11-17/h3-15H,2,16H2,1H3,(H,25,29)(H,26,27). The summed E-state index contributed by atoms with van der Waals surface area (Å²) in [4.78, 5) is 12.6. The van der Waals surface area contributed by atoms with Gasteiger partial charge >= 0.3 is 0 Å². The molecule has 0 saturated heterocycles. The molecule has 1 aromatic heterocycles. The number of carbonyl (C=O) groups is 1. The van der Waals surface area contributed by atoms with Crippen molar-refractivity contribution in [1.82, 2.24) is 10.2 Å². The van der Waals surface area contributed by atoms with E-state index in [4.69, 9.17) is 4.74 Å². The molecule has 1 heterocycles. The van der Waals surface area contributed by atoms with Crippen molar-refractivity contribution in [2.45, 2.75) is 11.3 Å². The molecule has 8 heteroatoms. The number of rotatable bonds is 9. The topological polar surface area (TPSA) is 76.1 Å². The summed E-state index contributed by atoms with van der Waals surface area (Å²) in [7, 11) is 0. The summed E-state index contributed by atoms with van der Waals surface area (Å²) in [6.07, 6.45) is 0. The highest BCUT2D eigenvalue weighted by atomic mass is 32.2. The van der Waals surface area contributed by atoms with E-state index >= 15 is 0 Å². The summed E-state index contributed by atoms with van der Waals surface area (Å²) in [6.45, 7) is 2.53. The number of aromatic nitrogens is 2. The number of thioether (sulfide) groups is 1. The summed E-state index contributed by atoms with van der Waals surface area (Å²) < 4.78 is 6.34. The molecule has 4 rings (SSSR count). The smallest absolute Gasteiger partial charge is 0.234 e. The lowest BCUT2D eigenvalue weighted by atomic mass is 10.0. The first-order valence-electron chi connectivity index (χ1n) is 10.1. The number of hydrogen-bond donors (Lipinski definition) is 2. The molecule has 2 N–H and O–H groups in total. The minimum atomic E-state index is -0.0928. The molecule has 32 heavy (non-hydrogen) atoms. The number of anilines is 3. The van der Waals surface area contributed by atoms with Gasteiger partial charge in [0.05, 0.1) is 18.0 Å². The number of carbonyl (C=O) groups excluding carboxylic acids is 1. The molecule has 162 valence electrons. The maximum Gasteiger partial charge on any atom is 0.234 e. The molecular formula is C24H22N4O2S2. The Labute approximate surface area is 195 Å². The predicted octanol–water partition coefficient (Wildman–Crippen LogP) is 6.08. The quantitative estimate of drug-likeness (QED) is 0.294. The first-order chi connectivity index (χ1) is 15.7. The first-order valence-corrected chi connectivity index (χ1v) is 11.9. The molecule has 0 atom stereocenters. The van der Waals surface area contributed by atoms with Gasteiger partial charge in [0, 0.05) is 11.3 Å². The second kappa shape index (κ2) is 10.8. The third kappa shape index (κ3) is 5.66. The Hall–Kier alpha value is -3.36. The van der Waals surface area contributed by atoms with Gasteiger partial charge in [-0.05, 0) is 30.7 Å². The van der Waals surface area contributed by atoms with Crippen molar-refractivity contribution in [3.8, 4) is 16.9 Å². The zero-order valence-corrected chi connectivity index (χ0v) is 19.1. The van der Waals surface area contributed by atoms with E-state index in [1.165, 1.54) is 23.1 Å². The Kier molecular flexibility index (Phi) is 7.37. The molecular weight excluding hydrogens is 440 g/mol. The Bertz CT molecular complexity index is 1180. The number of nitrogens with zero attached hydrogens (tertiary/aromatic N) is 2. The number of para-hydroxylation sites is 3. The average Bonchev–Trinajstić information content (AvgIpc) is 3.27. The molecule has 0 bridgehead atoms. The Morgan fingerprint density at radius 1 is 0.938 bits per heavy atom. The molecule has 0 spiro atoms. The molecule has 0 radical (unpaired) electrons. The molecule has 0 unspecified atom stereocenters. The van der Waals surface area contributed by atoms with Crippen LogP contribution in [-0.2, 0) is 4.79 Å². The number of nitrogens with one attached hydrogen (secondary N) is 2. The van der Waals surface area contributed by atoms with Crippen molar-refractivity contribution in [3.63, 3.8) is 0 Å². The van der Waals surface area contributed by atoms with Gasteiger partial charge in [-0.2, -0.15) is 0 Å². The van der Waals surface area contributed by atoms with Crippen molar-refractivity contribution in [2.24, 2.45) is 0 Å². The summed E-state index contributed by atoms with van der Waals surface area (Å²) in [5.74, 6) is 0.911. The van der Waals surface area contributed by atoms with E-state index in [0.29, 0.717) is 16.1 Å². The normalized spacial score (nSPS) is 10.5. The van der Waals surface area contributed by atoms with Crippen LogP contribution in [-0.4, -0.2) is 28.5 Å². The zero-order chi connectivity index (χ0) is 22.2. The fraction of sp³-hybridized carbons (Fsp3) is 0.125. The van der Waals surface area contributed by atoms with Crippen molar-refractivity contribution in [2.75, 3.05) is 23.0 Å². The number of hydrogen-bond acceptors (Lipinski definition) is 7. The molecule has 0 fully saturated rings. The van der Waals surface area contributed by atoms with E-state index in [0.717, 1.165) is 28.3 Å². The van der Waals surface area contributed by atoms with Gasteiger partial charge in [-0.1, -0.05) is 83.8 Å². The van der Waals surface area contributed by atoms with Crippen LogP contribution in [0.1, 0.15) is 6.92 Å². The molecule has 1 amide bonds. The van der Waals surface area contributed by atoms with Gasteiger partial charge in [-0.15, -0.1) is 10.2 Å². The fourth-order valence-electron chi connectivity index (χ4n) is 3.06. The summed E-state index contributed by atoms with van der Waals surface area (Å²) in [5, 5.41) is 15.3. The van der Waals surface area contributed by atoms with E-state index in [1.807, 2.05) is 85.8 Å². The zero-order valence-electron chi connectivity index (χ0n) is 17.4. The van der Waals surface area contributed by atoms with Crippen LogP contribution in [0.4, 0.5) is 16.5 Å². The van der Waals surface area contributed by atoms with E-state index in [1.54, 1.807) is 0 Å². The summed E-state index contributed by atoms with van der Waals surface area (Å²) in [5.41, 5.74) is 3.67. The highest BCUT2D eigenvalue weighted by Crippen LogP contribution is 2.32. The van der Waals surface area contributed by atoms with Crippen LogP contribution in [0.25, 0.3) is 11.1 Å². The van der Waals surface area contributed by atoms with Crippen LogP contribution in [0.5, 0.6) is 5.75 Å². The summed E-state index contributed by atoms with van der Waals surface area (Å²) >= 11 is 2.75. The van der Waals surface area contributed by atoms with Crippen LogP contribution in [0.15, 0.2) is 83.2 Å². The third-order valence-electron chi connectivity index (χ3n) is 4.45. The van der Waals surface area contributed by atoms with Gasteiger partial charge in [-0.25, -0.2) is 0 Å². The van der Waals surface area contributed by atoms with E-state index in [-0.39, 0.29) is 11.7 Å². The maximum atomic E-state index is 12.6. The van der Waals surface area contributed by atoms with Gasteiger partial charge in [0.25, 0.3) is 0 Å². The minimum Gasteiger partial charge on any atom is -0.492 e.